The number of aromatic nitrogens is 3. The summed E-state index contributed by atoms with van der Waals surface area (Å²) in [5.74, 6) is -1.16. The molecule has 1 aliphatic carbocycles. The number of carbonyl (C=O) groups is 2. The van der Waals surface area contributed by atoms with Crippen LogP contribution in [0.1, 0.15) is 49.5 Å². The van der Waals surface area contributed by atoms with E-state index in [-0.39, 0.29) is 24.2 Å². The first-order valence-electron chi connectivity index (χ1n) is 7.04. The molecule has 1 fully saturated rings. The molecule has 2 rings (SSSR count). The van der Waals surface area contributed by atoms with Gasteiger partial charge >= 0.3 is 5.97 Å². The SMILES string of the molecule is CCN(C(=O)c1cn(CC(=O)O)nn1)C1CCCCC1. The lowest BCUT2D eigenvalue weighted by molar-refractivity contribution is -0.137. The summed E-state index contributed by atoms with van der Waals surface area (Å²) in [5.41, 5.74) is 0.221. The maximum absolute atomic E-state index is 12.4. The number of rotatable bonds is 5. The molecule has 20 heavy (non-hydrogen) atoms. The van der Waals surface area contributed by atoms with Crippen LogP contribution in [0.15, 0.2) is 6.20 Å². The number of nitrogens with zero attached hydrogens (tertiary/aromatic N) is 4. The summed E-state index contributed by atoms with van der Waals surface area (Å²) in [6.45, 7) is 2.30. The van der Waals surface area contributed by atoms with Gasteiger partial charge in [-0.25, -0.2) is 4.68 Å². The molecule has 1 aliphatic rings. The third kappa shape index (κ3) is 3.34. The van der Waals surface area contributed by atoms with Crippen LogP contribution >= 0.6 is 0 Å². The van der Waals surface area contributed by atoms with Gasteiger partial charge in [0.1, 0.15) is 6.54 Å². The molecule has 0 aliphatic heterocycles. The Labute approximate surface area is 117 Å². The Kier molecular flexibility index (Phi) is 4.70. The van der Waals surface area contributed by atoms with Gasteiger partial charge in [-0.1, -0.05) is 24.5 Å². The lowest BCUT2D eigenvalue weighted by Gasteiger charge is -2.33. The minimum absolute atomic E-state index is 0.156. The highest BCUT2D eigenvalue weighted by Crippen LogP contribution is 2.23. The van der Waals surface area contributed by atoms with E-state index < -0.39 is 5.97 Å². The molecular formula is C13H20N4O3. The first-order valence-corrected chi connectivity index (χ1v) is 7.04. The highest BCUT2D eigenvalue weighted by Gasteiger charge is 2.26. The van der Waals surface area contributed by atoms with Gasteiger partial charge in [0.2, 0.25) is 0 Å². The van der Waals surface area contributed by atoms with E-state index in [4.69, 9.17) is 5.11 Å². The molecule has 0 bridgehead atoms. The summed E-state index contributed by atoms with van der Waals surface area (Å²) in [4.78, 5) is 24.9. The smallest absolute Gasteiger partial charge is 0.325 e. The van der Waals surface area contributed by atoms with E-state index in [9.17, 15) is 9.59 Å². The van der Waals surface area contributed by atoms with Gasteiger partial charge in [0.25, 0.3) is 5.91 Å². The number of carboxylic acid groups (broad SMARTS) is 1. The largest absolute Gasteiger partial charge is 0.480 e. The highest BCUT2D eigenvalue weighted by molar-refractivity contribution is 5.92. The molecule has 1 heterocycles. The van der Waals surface area contributed by atoms with Crippen LogP contribution in [0.25, 0.3) is 0 Å². The fourth-order valence-corrected chi connectivity index (χ4v) is 2.72. The zero-order valence-corrected chi connectivity index (χ0v) is 11.7. The van der Waals surface area contributed by atoms with Crippen LogP contribution in [-0.4, -0.2) is 49.5 Å². The maximum atomic E-state index is 12.4. The summed E-state index contributed by atoms with van der Waals surface area (Å²) in [5, 5.41) is 16.2. The van der Waals surface area contributed by atoms with Crippen molar-refractivity contribution in [2.75, 3.05) is 6.54 Å². The Balaban J connectivity index is 2.07. The van der Waals surface area contributed by atoms with Crippen molar-refractivity contribution in [1.29, 1.82) is 0 Å². The molecule has 1 aromatic rings. The predicted octanol–water partition coefficient (Wildman–Crippen LogP) is 1.16. The van der Waals surface area contributed by atoms with Crippen molar-refractivity contribution in [3.63, 3.8) is 0 Å². The minimum atomic E-state index is -1.01. The highest BCUT2D eigenvalue weighted by atomic mass is 16.4. The van der Waals surface area contributed by atoms with Gasteiger partial charge in [-0.2, -0.15) is 0 Å². The second-order valence-electron chi connectivity index (χ2n) is 5.08. The number of amides is 1. The molecule has 0 atom stereocenters. The monoisotopic (exact) mass is 280 g/mol. The van der Waals surface area contributed by atoms with Crippen LogP contribution in [0.4, 0.5) is 0 Å². The summed E-state index contributed by atoms with van der Waals surface area (Å²) in [7, 11) is 0. The third-order valence-electron chi connectivity index (χ3n) is 3.67. The Hall–Kier alpha value is -1.92. The normalized spacial score (nSPS) is 16.1. The van der Waals surface area contributed by atoms with Gasteiger partial charge in [0.05, 0.1) is 6.20 Å². The molecule has 110 valence electrons. The molecule has 1 N–H and O–H groups in total. The fraction of sp³-hybridized carbons (Fsp3) is 0.692. The average molecular weight is 280 g/mol. The molecule has 0 radical (unpaired) electrons. The zero-order valence-electron chi connectivity index (χ0n) is 11.7. The van der Waals surface area contributed by atoms with E-state index in [1.807, 2.05) is 11.8 Å². The molecule has 1 amide bonds. The van der Waals surface area contributed by atoms with E-state index in [1.54, 1.807) is 0 Å². The molecular weight excluding hydrogens is 260 g/mol. The topological polar surface area (TPSA) is 88.3 Å². The van der Waals surface area contributed by atoms with Crippen LogP contribution in [0.2, 0.25) is 0 Å². The molecule has 0 aromatic carbocycles. The molecule has 0 saturated heterocycles. The Bertz CT molecular complexity index is 480. The zero-order chi connectivity index (χ0) is 14.5. The number of aliphatic carboxylic acids is 1. The third-order valence-corrected chi connectivity index (χ3v) is 3.67. The Morgan fingerprint density at radius 3 is 2.70 bits per heavy atom. The number of hydrogen-bond donors (Lipinski definition) is 1. The lowest BCUT2D eigenvalue weighted by Crippen LogP contribution is -2.41. The average Bonchev–Trinajstić information content (AvgIpc) is 2.88. The van der Waals surface area contributed by atoms with Crippen molar-refractivity contribution in [2.45, 2.75) is 51.6 Å². The molecule has 0 spiro atoms. The summed E-state index contributed by atoms with van der Waals surface area (Å²) in [6, 6.07) is 0.269. The van der Waals surface area contributed by atoms with Crippen molar-refractivity contribution in [1.82, 2.24) is 19.9 Å². The van der Waals surface area contributed by atoms with Gasteiger partial charge in [0, 0.05) is 12.6 Å². The lowest BCUT2D eigenvalue weighted by atomic mass is 9.94. The van der Waals surface area contributed by atoms with Gasteiger partial charge in [-0.15, -0.1) is 5.10 Å². The van der Waals surface area contributed by atoms with E-state index in [2.05, 4.69) is 10.3 Å². The van der Waals surface area contributed by atoms with Crippen LogP contribution in [-0.2, 0) is 11.3 Å². The molecule has 1 aromatic heterocycles. The summed E-state index contributed by atoms with van der Waals surface area (Å²) >= 11 is 0. The van der Waals surface area contributed by atoms with Gasteiger partial charge in [0.15, 0.2) is 5.69 Å². The van der Waals surface area contributed by atoms with Crippen LogP contribution < -0.4 is 0 Å². The van der Waals surface area contributed by atoms with Gasteiger partial charge in [-0.3, -0.25) is 9.59 Å². The second-order valence-corrected chi connectivity index (χ2v) is 5.08. The summed E-state index contributed by atoms with van der Waals surface area (Å²) in [6.07, 6.45) is 7.00. The minimum Gasteiger partial charge on any atom is -0.480 e. The van der Waals surface area contributed by atoms with Crippen molar-refractivity contribution < 1.29 is 14.7 Å². The van der Waals surface area contributed by atoms with E-state index in [1.165, 1.54) is 17.3 Å². The Morgan fingerprint density at radius 1 is 1.40 bits per heavy atom. The first kappa shape index (κ1) is 14.5. The van der Waals surface area contributed by atoms with Crippen molar-refractivity contribution in [2.24, 2.45) is 0 Å². The van der Waals surface area contributed by atoms with Crippen LogP contribution in [0.3, 0.4) is 0 Å². The Morgan fingerprint density at radius 2 is 2.10 bits per heavy atom. The summed E-state index contributed by atoms with van der Waals surface area (Å²) < 4.78 is 1.17. The number of hydrogen-bond acceptors (Lipinski definition) is 4. The molecule has 1 saturated carbocycles. The van der Waals surface area contributed by atoms with Crippen LogP contribution in [0.5, 0.6) is 0 Å². The van der Waals surface area contributed by atoms with E-state index in [0.29, 0.717) is 6.54 Å². The predicted molar refractivity (Wildman–Crippen MR) is 71.2 cm³/mol. The number of carbonyl (C=O) groups excluding carboxylic acids is 1. The number of carboxylic acids is 1. The standard InChI is InChI=1S/C13H20N4O3/c1-2-17(10-6-4-3-5-7-10)13(20)11-8-16(15-14-11)9-12(18)19/h8,10H,2-7,9H2,1H3,(H,18,19). The van der Waals surface area contributed by atoms with E-state index >= 15 is 0 Å². The van der Waals surface area contributed by atoms with Crippen LogP contribution in [0, 0.1) is 0 Å². The van der Waals surface area contributed by atoms with Gasteiger partial charge < -0.3 is 10.0 Å². The van der Waals surface area contributed by atoms with Crippen molar-refractivity contribution >= 4 is 11.9 Å². The molecule has 7 nitrogen and oxygen atoms in total. The second kappa shape index (κ2) is 6.49. The fourth-order valence-electron chi connectivity index (χ4n) is 2.72. The first-order chi connectivity index (χ1) is 9.61. The molecule has 7 heteroatoms. The quantitative estimate of drug-likeness (QED) is 0.874. The van der Waals surface area contributed by atoms with Crippen molar-refractivity contribution in [3.05, 3.63) is 11.9 Å². The molecule has 0 unspecified atom stereocenters. The van der Waals surface area contributed by atoms with E-state index in [0.717, 1.165) is 25.7 Å². The van der Waals surface area contributed by atoms with Gasteiger partial charge in [-0.05, 0) is 19.8 Å². The maximum Gasteiger partial charge on any atom is 0.325 e. The van der Waals surface area contributed by atoms with Crippen molar-refractivity contribution in [3.8, 4) is 0 Å².